The molecule has 1 aliphatic rings. The SMILES string of the molecule is Cc1nnc(CN2c3ccccc3CC2Cc2ccccc2)o1. The maximum atomic E-state index is 5.60. The van der Waals surface area contributed by atoms with Crippen LogP contribution >= 0.6 is 0 Å². The Morgan fingerprint density at radius 2 is 1.83 bits per heavy atom. The predicted octanol–water partition coefficient (Wildman–Crippen LogP) is 3.55. The van der Waals surface area contributed by atoms with Crippen molar-refractivity contribution in [1.82, 2.24) is 10.2 Å². The predicted molar refractivity (Wildman–Crippen MR) is 89.3 cm³/mol. The van der Waals surface area contributed by atoms with Gasteiger partial charge in [-0.3, -0.25) is 0 Å². The van der Waals surface area contributed by atoms with Gasteiger partial charge in [-0.25, -0.2) is 0 Å². The van der Waals surface area contributed by atoms with Crippen LogP contribution in [0, 0.1) is 6.92 Å². The largest absolute Gasteiger partial charge is 0.424 e. The zero-order valence-electron chi connectivity index (χ0n) is 13.1. The van der Waals surface area contributed by atoms with E-state index in [9.17, 15) is 0 Å². The summed E-state index contributed by atoms with van der Waals surface area (Å²) < 4.78 is 5.60. The lowest BCUT2D eigenvalue weighted by molar-refractivity contribution is 0.452. The third-order valence-electron chi connectivity index (χ3n) is 4.38. The van der Waals surface area contributed by atoms with Gasteiger partial charge in [0.1, 0.15) is 0 Å². The van der Waals surface area contributed by atoms with E-state index < -0.39 is 0 Å². The molecule has 23 heavy (non-hydrogen) atoms. The monoisotopic (exact) mass is 305 g/mol. The molecule has 1 aromatic heterocycles. The Bertz CT molecular complexity index is 797. The molecule has 4 rings (SSSR count). The topological polar surface area (TPSA) is 42.2 Å². The summed E-state index contributed by atoms with van der Waals surface area (Å²) in [5.41, 5.74) is 4.03. The molecule has 2 aromatic carbocycles. The summed E-state index contributed by atoms with van der Waals surface area (Å²) in [5, 5.41) is 8.12. The van der Waals surface area contributed by atoms with E-state index in [2.05, 4.69) is 69.7 Å². The average Bonchev–Trinajstić information content (AvgIpc) is 3.13. The van der Waals surface area contributed by atoms with Gasteiger partial charge in [-0.1, -0.05) is 48.5 Å². The summed E-state index contributed by atoms with van der Waals surface area (Å²) in [6.07, 6.45) is 2.07. The Labute approximate surface area is 135 Å². The molecule has 0 bridgehead atoms. The number of aromatic nitrogens is 2. The standard InChI is InChI=1S/C19H19N3O/c1-14-20-21-19(23-14)13-22-17(11-15-7-3-2-4-8-15)12-16-9-5-6-10-18(16)22/h2-10,17H,11-13H2,1H3. The minimum absolute atomic E-state index is 0.419. The molecule has 0 saturated heterocycles. The van der Waals surface area contributed by atoms with Crippen molar-refractivity contribution in [3.63, 3.8) is 0 Å². The van der Waals surface area contributed by atoms with Crippen molar-refractivity contribution in [2.24, 2.45) is 0 Å². The summed E-state index contributed by atoms with van der Waals surface area (Å²) in [7, 11) is 0. The average molecular weight is 305 g/mol. The zero-order chi connectivity index (χ0) is 15.6. The summed E-state index contributed by atoms with van der Waals surface area (Å²) in [4.78, 5) is 2.40. The van der Waals surface area contributed by atoms with E-state index >= 15 is 0 Å². The Kier molecular flexibility index (Phi) is 3.58. The number of para-hydroxylation sites is 1. The van der Waals surface area contributed by atoms with E-state index in [4.69, 9.17) is 4.42 Å². The fourth-order valence-corrected chi connectivity index (χ4v) is 3.35. The molecule has 1 aliphatic heterocycles. The molecule has 0 amide bonds. The molecule has 0 aliphatic carbocycles. The molecular formula is C19H19N3O. The van der Waals surface area contributed by atoms with E-state index in [0.717, 1.165) is 12.8 Å². The van der Waals surface area contributed by atoms with Crippen LogP contribution in [0.25, 0.3) is 0 Å². The van der Waals surface area contributed by atoms with Gasteiger partial charge in [-0.05, 0) is 30.0 Å². The van der Waals surface area contributed by atoms with Crippen molar-refractivity contribution in [2.45, 2.75) is 32.4 Å². The zero-order valence-corrected chi connectivity index (χ0v) is 13.1. The molecule has 0 N–H and O–H groups in total. The molecule has 0 saturated carbocycles. The lowest BCUT2D eigenvalue weighted by Gasteiger charge is -2.26. The number of aryl methyl sites for hydroxylation is 1. The summed E-state index contributed by atoms with van der Waals surface area (Å²) in [6, 6.07) is 19.7. The minimum atomic E-state index is 0.419. The van der Waals surface area contributed by atoms with E-state index in [1.54, 1.807) is 0 Å². The molecule has 0 spiro atoms. The van der Waals surface area contributed by atoms with E-state index in [1.807, 2.05) is 6.92 Å². The van der Waals surface area contributed by atoms with E-state index in [0.29, 0.717) is 24.4 Å². The lowest BCUT2D eigenvalue weighted by Crippen LogP contribution is -2.33. The van der Waals surface area contributed by atoms with Gasteiger partial charge in [0.25, 0.3) is 0 Å². The first-order valence-corrected chi connectivity index (χ1v) is 7.97. The Balaban J connectivity index is 1.62. The highest BCUT2D eigenvalue weighted by molar-refractivity contribution is 5.59. The highest BCUT2D eigenvalue weighted by Gasteiger charge is 2.30. The van der Waals surface area contributed by atoms with Gasteiger partial charge in [0.2, 0.25) is 11.8 Å². The molecular weight excluding hydrogens is 286 g/mol. The Morgan fingerprint density at radius 3 is 2.61 bits per heavy atom. The Morgan fingerprint density at radius 1 is 1.04 bits per heavy atom. The highest BCUT2D eigenvalue weighted by atomic mass is 16.4. The van der Waals surface area contributed by atoms with Crippen molar-refractivity contribution in [3.05, 3.63) is 77.5 Å². The van der Waals surface area contributed by atoms with Crippen LogP contribution in [0.2, 0.25) is 0 Å². The number of anilines is 1. The maximum absolute atomic E-state index is 5.60. The van der Waals surface area contributed by atoms with Crippen LogP contribution in [0.3, 0.4) is 0 Å². The normalized spacial score (nSPS) is 16.6. The number of benzene rings is 2. The summed E-state index contributed by atoms with van der Waals surface area (Å²) in [5.74, 6) is 1.30. The van der Waals surface area contributed by atoms with Crippen LogP contribution in [-0.2, 0) is 19.4 Å². The molecule has 116 valence electrons. The fourth-order valence-electron chi connectivity index (χ4n) is 3.35. The van der Waals surface area contributed by atoms with Gasteiger partial charge in [0.05, 0.1) is 6.54 Å². The molecule has 4 heteroatoms. The molecule has 1 unspecified atom stereocenters. The van der Waals surface area contributed by atoms with Gasteiger partial charge >= 0.3 is 0 Å². The minimum Gasteiger partial charge on any atom is -0.424 e. The lowest BCUT2D eigenvalue weighted by atomic mass is 10.0. The molecule has 2 heterocycles. The van der Waals surface area contributed by atoms with Crippen molar-refractivity contribution < 1.29 is 4.42 Å². The van der Waals surface area contributed by atoms with Crippen molar-refractivity contribution in [3.8, 4) is 0 Å². The smallest absolute Gasteiger partial charge is 0.235 e. The highest BCUT2D eigenvalue weighted by Crippen LogP contribution is 2.34. The fraction of sp³-hybridized carbons (Fsp3) is 0.263. The second-order valence-corrected chi connectivity index (χ2v) is 6.02. The third kappa shape index (κ3) is 2.84. The molecule has 1 atom stereocenters. The summed E-state index contributed by atoms with van der Waals surface area (Å²) >= 11 is 0. The van der Waals surface area contributed by atoms with Gasteiger partial charge < -0.3 is 9.32 Å². The number of hydrogen-bond donors (Lipinski definition) is 0. The van der Waals surface area contributed by atoms with Gasteiger partial charge in [0, 0.05) is 18.7 Å². The van der Waals surface area contributed by atoms with E-state index in [1.165, 1.54) is 16.8 Å². The maximum Gasteiger partial charge on any atom is 0.235 e. The first-order chi connectivity index (χ1) is 11.3. The number of fused-ring (bicyclic) bond motifs is 1. The Hall–Kier alpha value is -2.62. The van der Waals surface area contributed by atoms with Gasteiger partial charge in [-0.15, -0.1) is 10.2 Å². The van der Waals surface area contributed by atoms with Gasteiger partial charge in [0.15, 0.2) is 0 Å². The molecule has 4 nitrogen and oxygen atoms in total. The van der Waals surface area contributed by atoms with Crippen LogP contribution in [0.4, 0.5) is 5.69 Å². The van der Waals surface area contributed by atoms with Crippen molar-refractivity contribution in [2.75, 3.05) is 4.90 Å². The molecule has 3 aromatic rings. The van der Waals surface area contributed by atoms with Crippen LogP contribution in [-0.4, -0.2) is 16.2 Å². The van der Waals surface area contributed by atoms with Crippen LogP contribution in [0.15, 0.2) is 59.0 Å². The second-order valence-electron chi connectivity index (χ2n) is 6.02. The van der Waals surface area contributed by atoms with Crippen LogP contribution < -0.4 is 4.90 Å². The summed E-state index contributed by atoms with van der Waals surface area (Å²) in [6.45, 7) is 2.49. The number of rotatable bonds is 4. The van der Waals surface area contributed by atoms with E-state index in [-0.39, 0.29) is 0 Å². The number of hydrogen-bond acceptors (Lipinski definition) is 4. The third-order valence-corrected chi connectivity index (χ3v) is 4.38. The molecule has 0 radical (unpaired) electrons. The van der Waals surface area contributed by atoms with Crippen LogP contribution in [0.5, 0.6) is 0 Å². The first-order valence-electron chi connectivity index (χ1n) is 7.97. The number of nitrogens with zero attached hydrogens (tertiary/aromatic N) is 3. The quantitative estimate of drug-likeness (QED) is 0.739. The first kappa shape index (κ1) is 14.0. The van der Waals surface area contributed by atoms with Gasteiger partial charge in [-0.2, -0.15) is 0 Å². The van der Waals surface area contributed by atoms with Crippen LogP contribution in [0.1, 0.15) is 22.9 Å². The molecule has 0 fully saturated rings. The van der Waals surface area contributed by atoms with Crippen molar-refractivity contribution >= 4 is 5.69 Å². The van der Waals surface area contributed by atoms with Crippen molar-refractivity contribution in [1.29, 1.82) is 0 Å². The second kappa shape index (κ2) is 5.88.